The average Bonchev–Trinajstić information content (AvgIpc) is 2.76. The highest BCUT2D eigenvalue weighted by Gasteiger charge is 2.26. The summed E-state index contributed by atoms with van der Waals surface area (Å²) in [5.74, 6) is 0.615. The van der Waals surface area contributed by atoms with Crippen LogP contribution in [-0.4, -0.2) is 29.5 Å². The van der Waals surface area contributed by atoms with Crippen LogP contribution in [-0.2, 0) is 4.74 Å². The van der Waals surface area contributed by atoms with Crippen molar-refractivity contribution in [3.8, 4) is 0 Å². The molecule has 72 valence electrons. The Hall–Kier alpha value is -0.680. The van der Waals surface area contributed by atoms with Crippen molar-refractivity contribution < 1.29 is 4.74 Å². The highest BCUT2D eigenvalue weighted by Crippen LogP contribution is 2.21. The maximum Gasteiger partial charge on any atom is 0.205 e. The fourth-order valence-electron chi connectivity index (χ4n) is 1.56. The SMILES string of the molecule is CCC1COCC1Nc1nncs1. The predicted octanol–water partition coefficient (Wildman–Crippen LogP) is 1.37. The lowest BCUT2D eigenvalue weighted by Gasteiger charge is -2.15. The van der Waals surface area contributed by atoms with E-state index in [0.29, 0.717) is 12.0 Å². The molecule has 0 bridgehead atoms. The summed E-state index contributed by atoms with van der Waals surface area (Å²) in [4.78, 5) is 0. The monoisotopic (exact) mass is 199 g/mol. The van der Waals surface area contributed by atoms with Gasteiger partial charge in [-0.15, -0.1) is 10.2 Å². The van der Waals surface area contributed by atoms with E-state index in [4.69, 9.17) is 4.74 Å². The van der Waals surface area contributed by atoms with E-state index in [0.717, 1.165) is 24.8 Å². The van der Waals surface area contributed by atoms with Crippen LogP contribution < -0.4 is 5.32 Å². The van der Waals surface area contributed by atoms with E-state index in [1.807, 2.05) is 0 Å². The van der Waals surface area contributed by atoms with Crippen molar-refractivity contribution in [1.82, 2.24) is 10.2 Å². The summed E-state index contributed by atoms with van der Waals surface area (Å²) in [6.45, 7) is 3.85. The molecule has 0 aliphatic carbocycles. The summed E-state index contributed by atoms with van der Waals surface area (Å²) in [5, 5.41) is 12.0. The highest BCUT2D eigenvalue weighted by atomic mass is 32.1. The number of ether oxygens (including phenoxy) is 1. The average molecular weight is 199 g/mol. The number of nitrogens with zero attached hydrogens (tertiary/aromatic N) is 2. The Balaban J connectivity index is 1.94. The molecule has 4 nitrogen and oxygen atoms in total. The number of anilines is 1. The quantitative estimate of drug-likeness (QED) is 0.798. The first-order valence-corrected chi connectivity index (χ1v) is 5.38. The van der Waals surface area contributed by atoms with Gasteiger partial charge in [0.1, 0.15) is 5.51 Å². The normalized spacial score (nSPS) is 27.8. The van der Waals surface area contributed by atoms with Crippen LogP contribution in [0.5, 0.6) is 0 Å². The van der Waals surface area contributed by atoms with Gasteiger partial charge in [-0.05, 0) is 6.42 Å². The smallest absolute Gasteiger partial charge is 0.205 e. The molecule has 5 heteroatoms. The van der Waals surface area contributed by atoms with Crippen LogP contribution in [0.3, 0.4) is 0 Å². The molecule has 1 aromatic rings. The second-order valence-electron chi connectivity index (χ2n) is 3.20. The third-order valence-corrected chi connectivity index (χ3v) is 3.01. The fraction of sp³-hybridized carbons (Fsp3) is 0.750. The Morgan fingerprint density at radius 3 is 3.31 bits per heavy atom. The molecule has 0 radical (unpaired) electrons. The van der Waals surface area contributed by atoms with E-state index in [-0.39, 0.29) is 0 Å². The van der Waals surface area contributed by atoms with Gasteiger partial charge in [-0.2, -0.15) is 0 Å². The molecule has 1 aliphatic heterocycles. The van der Waals surface area contributed by atoms with Gasteiger partial charge in [0.2, 0.25) is 5.13 Å². The van der Waals surface area contributed by atoms with Gasteiger partial charge in [0, 0.05) is 5.92 Å². The number of aromatic nitrogens is 2. The van der Waals surface area contributed by atoms with Crippen LogP contribution in [0.2, 0.25) is 0 Å². The van der Waals surface area contributed by atoms with Gasteiger partial charge in [-0.3, -0.25) is 0 Å². The van der Waals surface area contributed by atoms with Gasteiger partial charge in [-0.1, -0.05) is 18.3 Å². The molecule has 0 aromatic carbocycles. The molecule has 1 fully saturated rings. The topological polar surface area (TPSA) is 47.0 Å². The van der Waals surface area contributed by atoms with Crippen molar-refractivity contribution in [2.45, 2.75) is 19.4 Å². The van der Waals surface area contributed by atoms with E-state index in [9.17, 15) is 0 Å². The molecule has 1 saturated heterocycles. The second-order valence-corrected chi connectivity index (χ2v) is 4.03. The fourth-order valence-corrected chi connectivity index (χ4v) is 2.06. The van der Waals surface area contributed by atoms with Gasteiger partial charge in [0.15, 0.2) is 0 Å². The minimum absolute atomic E-state index is 0.415. The van der Waals surface area contributed by atoms with Crippen molar-refractivity contribution in [2.75, 3.05) is 18.5 Å². The van der Waals surface area contributed by atoms with Crippen LogP contribution >= 0.6 is 11.3 Å². The van der Waals surface area contributed by atoms with Gasteiger partial charge in [-0.25, -0.2) is 0 Å². The summed E-state index contributed by atoms with van der Waals surface area (Å²) < 4.78 is 5.40. The van der Waals surface area contributed by atoms with E-state index in [1.165, 1.54) is 11.3 Å². The lowest BCUT2D eigenvalue weighted by molar-refractivity contribution is 0.184. The Morgan fingerprint density at radius 1 is 1.69 bits per heavy atom. The van der Waals surface area contributed by atoms with E-state index >= 15 is 0 Å². The van der Waals surface area contributed by atoms with E-state index in [2.05, 4.69) is 22.4 Å². The molecule has 2 atom stereocenters. The molecule has 13 heavy (non-hydrogen) atoms. The predicted molar refractivity (Wildman–Crippen MR) is 51.9 cm³/mol. The molecule has 1 aromatic heterocycles. The third-order valence-electron chi connectivity index (χ3n) is 2.39. The third kappa shape index (κ3) is 1.97. The van der Waals surface area contributed by atoms with E-state index in [1.54, 1.807) is 5.51 Å². The molecule has 2 unspecified atom stereocenters. The van der Waals surface area contributed by atoms with Crippen LogP contribution in [0.15, 0.2) is 5.51 Å². The zero-order valence-corrected chi connectivity index (χ0v) is 8.38. The largest absolute Gasteiger partial charge is 0.379 e. The minimum atomic E-state index is 0.415. The molecular weight excluding hydrogens is 186 g/mol. The first-order chi connectivity index (χ1) is 6.40. The molecular formula is C8H13N3OS. The van der Waals surface area contributed by atoms with Crippen LogP contribution in [0.1, 0.15) is 13.3 Å². The summed E-state index contributed by atoms with van der Waals surface area (Å²) in [7, 11) is 0. The van der Waals surface area contributed by atoms with Crippen LogP contribution in [0.4, 0.5) is 5.13 Å². The summed E-state index contributed by atoms with van der Waals surface area (Å²) in [6, 6.07) is 0.415. The van der Waals surface area contributed by atoms with Crippen molar-refractivity contribution in [1.29, 1.82) is 0 Å². The maximum atomic E-state index is 5.40. The number of rotatable bonds is 3. The van der Waals surface area contributed by atoms with Crippen molar-refractivity contribution >= 4 is 16.5 Å². The Labute approximate surface area is 81.3 Å². The first kappa shape index (κ1) is 8.90. The molecule has 0 spiro atoms. The molecule has 1 aliphatic rings. The van der Waals surface area contributed by atoms with Gasteiger partial charge in [0.25, 0.3) is 0 Å². The number of nitrogens with one attached hydrogen (secondary N) is 1. The first-order valence-electron chi connectivity index (χ1n) is 4.50. The number of hydrogen-bond donors (Lipinski definition) is 1. The Morgan fingerprint density at radius 2 is 2.62 bits per heavy atom. The lowest BCUT2D eigenvalue weighted by atomic mass is 10.0. The van der Waals surface area contributed by atoms with Crippen molar-refractivity contribution in [3.63, 3.8) is 0 Å². The highest BCUT2D eigenvalue weighted by molar-refractivity contribution is 7.13. The van der Waals surface area contributed by atoms with Gasteiger partial charge < -0.3 is 10.1 Å². The summed E-state index contributed by atoms with van der Waals surface area (Å²) >= 11 is 1.53. The van der Waals surface area contributed by atoms with Gasteiger partial charge >= 0.3 is 0 Å². The Bertz CT molecular complexity index is 252. The maximum absolute atomic E-state index is 5.40. The van der Waals surface area contributed by atoms with Gasteiger partial charge in [0.05, 0.1) is 19.3 Å². The number of hydrogen-bond acceptors (Lipinski definition) is 5. The lowest BCUT2D eigenvalue weighted by Crippen LogP contribution is -2.27. The van der Waals surface area contributed by atoms with Crippen molar-refractivity contribution in [3.05, 3.63) is 5.51 Å². The zero-order valence-electron chi connectivity index (χ0n) is 7.56. The van der Waals surface area contributed by atoms with Crippen LogP contribution in [0.25, 0.3) is 0 Å². The van der Waals surface area contributed by atoms with Crippen molar-refractivity contribution in [2.24, 2.45) is 5.92 Å². The Kier molecular flexibility index (Phi) is 2.75. The van der Waals surface area contributed by atoms with Crippen LogP contribution in [0, 0.1) is 5.92 Å². The summed E-state index contributed by atoms with van der Waals surface area (Å²) in [6.07, 6.45) is 1.15. The molecule has 2 rings (SSSR count). The molecule has 2 heterocycles. The molecule has 0 amide bonds. The minimum Gasteiger partial charge on any atom is -0.379 e. The van der Waals surface area contributed by atoms with E-state index < -0.39 is 0 Å². The molecule has 0 saturated carbocycles. The molecule has 1 N–H and O–H groups in total. The summed E-state index contributed by atoms with van der Waals surface area (Å²) in [5.41, 5.74) is 1.74. The standard InChI is InChI=1S/C8H13N3OS/c1-2-6-3-12-4-7(6)10-8-11-9-5-13-8/h5-7H,2-4H2,1H3,(H,10,11). The second kappa shape index (κ2) is 4.02. The zero-order chi connectivity index (χ0) is 9.10.